The second-order valence-electron chi connectivity index (χ2n) is 5.15. The predicted octanol–water partition coefficient (Wildman–Crippen LogP) is 3.97. The topological polar surface area (TPSA) is 52.9 Å². The maximum atomic E-state index is 13.0. The van der Waals surface area contributed by atoms with Crippen LogP contribution in [0.3, 0.4) is 0 Å². The molecule has 0 aromatic heterocycles. The van der Waals surface area contributed by atoms with Crippen LogP contribution in [0.4, 0.5) is 4.39 Å². The Bertz CT molecular complexity index is 897. The van der Waals surface area contributed by atoms with Crippen molar-refractivity contribution in [1.82, 2.24) is 5.32 Å². The molecule has 3 aromatic rings. The first-order valence-electron chi connectivity index (χ1n) is 7.12. The first-order chi connectivity index (χ1) is 11.2. The summed E-state index contributed by atoms with van der Waals surface area (Å²) in [6.45, 7) is 0. The minimum absolute atomic E-state index is 0.341. The lowest BCUT2D eigenvalue weighted by Crippen LogP contribution is -2.27. The number of nitrogens with zero attached hydrogens (tertiary/aromatic N) is 1. The summed E-state index contributed by atoms with van der Waals surface area (Å²) in [4.78, 5) is 12.4. The summed E-state index contributed by atoms with van der Waals surface area (Å²) < 4.78 is 13.0. The first kappa shape index (κ1) is 14.7. The maximum Gasteiger partial charge on any atom is 0.252 e. The maximum absolute atomic E-state index is 13.0. The number of nitriles is 1. The Morgan fingerprint density at radius 2 is 1.70 bits per heavy atom. The van der Waals surface area contributed by atoms with Crippen LogP contribution in [-0.2, 0) is 0 Å². The zero-order valence-electron chi connectivity index (χ0n) is 12.2. The van der Waals surface area contributed by atoms with Gasteiger partial charge in [-0.2, -0.15) is 5.26 Å². The van der Waals surface area contributed by atoms with Crippen LogP contribution < -0.4 is 5.32 Å². The van der Waals surface area contributed by atoms with Crippen molar-refractivity contribution < 1.29 is 9.18 Å². The lowest BCUT2D eigenvalue weighted by molar-refractivity contribution is 0.0945. The van der Waals surface area contributed by atoms with Crippen LogP contribution in [0, 0.1) is 17.1 Å². The van der Waals surface area contributed by atoms with Gasteiger partial charge in [-0.3, -0.25) is 4.79 Å². The third-order valence-corrected chi connectivity index (χ3v) is 3.62. The predicted molar refractivity (Wildman–Crippen MR) is 86.2 cm³/mol. The third kappa shape index (κ3) is 3.19. The smallest absolute Gasteiger partial charge is 0.252 e. The Balaban J connectivity index is 1.83. The number of carbonyl (C=O) groups is 1. The highest BCUT2D eigenvalue weighted by Crippen LogP contribution is 2.17. The van der Waals surface area contributed by atoms with E-state index in [9.17, 15) is 14.4 Å². The molecule has 3 aromatic carbocycles. The highest BCUT2D eigenvalue weighted by Gasteiger charge is 2.15. The monoisotopic (exact) mass is 304 g/mol. The molecule has 0 saturated heterocycles. The van der Waals surface area contributed by atoms with Gasteiger partial charge in [0.1, 0.15) is 11.9 Å². The summed E-state index contributed by atoms with van der Waals surface area (Å²) in [6, 6.07) is 19.8. The molecule has 23 heavy (non-hydrogen) atoms. The normalized spacial score (nSPS) is 11.7. The number of fused-ring (bicyclic) bond motifs is 1. The van der Waals surface area contributed by atoms with Crippen molar-refractivity contribution in [2.75, 3.05) is 0 Å². The average Bonchev–Trinajstić information content (AvgIpc) is 2.60. The van der Waals surface area contributed by atoms with Gasteiger partial charge < -0.3 is 5.32 Å². The fourth-order valence-electron chi connectivity index (χ4n) is 2.39. The molecule has 0 heterocycles. The molecule has 1 amide bonds. The van der Waals surface area contributed by atoms with Gasteiger partial charge in [0.15, 0.2) is 0 Å². The summed E-state index contributed by atoms with van der Waals surface area (Å²) in [6.07, 6.45) is 0. The van der Waals surface area contributed by atoms with E-state index in [1.165, 1.54) is 24.3 Å². The van der Waals surface area contributed by atoms with Crippen molar-refractivity contribution >= 4 is 16.7 Å². The number of carbonyl (C=O) groups excluding carboxylic acids is 1. The van der Waals surface area contributed by atoms with Gasteiger partial charge in [0.2, 0.25) is 0 Å². The van der Waals surface area contributed by atoms with E-state index in [2.05, 4.69) is 5.32 Å². The molecule has 1 atom stereocenters. The van der Waals surface area contributed by atoms with Crippen LogP contribution in [0.15, 0.2) is 66.7 Å². The van der Waals surface area contributed by atoms with Gasteiger partial charge in [0.25, 0.3) is 5.91 Å². The third-order valence-electron chi connectivity index (χ3n) is 3.62. The number of nitrogens with one attached hydrogen (secondary N) is 1. The van der Waals surface area contributed by atoms with E-state index >= 15 is 0 Å². The SMILES string of the molecule is N#C[C@@H](NC(=O)c1ccc2ccccc2c1)c1ccc(F)cc1. The molecule has 0 radical (unpaired) electrons. The van der Waals surface area contributed by atoms with E-state index in [-0.39, 0.29) is 11.7 Å². The fraction of sp³-hybridized carbons (Fsp3) is 0.0526. The Morgan fingerprint density at radius 1 is 1.00 bits per heavy atom. The molecule has 0 aliphatic rings. The number of hydrogen-bond donors (Lipinski definition) is 1. The Kier molecular flexibility index (Phi) is 4.03. The molecule has 0 saturated carbocycles. The highest BCUT2D eigenvalue weighted by molar-refractivity contribution is 5.98. The van der Waals surface area contributed by atoms with Crippen molar-refractivity contribution in [3.8, 4) is 6.07 Å². The molecule has 0 spiro atoms. The first-order valence-corrected chi connectivity index (χ1v) is 7.12. The summed E-state index contributed by atoms with van der Waals surface area (Å²) in [7, 11) is 0. The molecule has 3 nitrogen and oxygen atoms in total. The molecule has 4 heteroatoms. The van der Waals surface area contributed by atoms with Crippen molar-refractivity contribution in [1.29, 1.82) is 5.26 Å². The molecule has 0 aliphatic heterocycles. The van der Waals surface area contributed by atoms with Crippen LogP contribution in [0.25, 0.3) is 10.8 Å². The Morgan fingerprint density at radius 3 is 2.39 bits per heavy atom. The zero-order chi connectivity index (χ0) is 16.2. The molecule has 1 N–H and O–H groups in total. The minimum Gasteiger partial charge on any atom is -0.333 e. The van der Waals surface area contributed by atoms with Gasteiger partial charge in [-0.15, -0.1) is 0 Å². The van der Waals surface area contributed by atoms with Gasteiger partial charge in [-0.25, -0.2) is 4.39 Å². The van der Waals surface area contributed by atoms with Gasteiger partial charge >= 0.3 is 0 Å². The molecular formula is C19H13FN2O. The number of rotatable bonds is 3. The molecular weight excluding hydrogens is 291 g/mol. The largest absolute Gasteiger partial charge is 0.333 e. The van der Waals surface area contributed by atoms with Crippen LogP contribution >= 0.6 is 0 Å². The zero-order valence-corrected chi connectivity index (χ0v) is 12.2. The van der Waals surface area contributed by atoms with Gasteiger partial charge in [-0.05, 0) is 40.6 Å². The van der Waals surface area contributed by atoms with E-state index in [1.807, 2.05) is 36.4 Å². The Labute approximate surface area is 133 Å². The molecule has 0 unspecified atom stereocenters. The van der Waals surface area contributed by atoms with Crippen molar-refractivity contribution in [2.24, 2.45) is 0 Å². The van der Waals surface area contributed by atoms with Crippen molar-refractivity contribution in [3.05, 3.63) is 83.7 Å². The van der Waals surface area contributed by atoms with Crippen LogP contribution in [-0.4, -0.2) is 5.91 Å². The van der Waals surface area contributed by atoms with Crippen molar-refractivity contribution in [3.63, 3.8) is 0 Å². The van der Waals surface area contributed by atoms with Gasteiger partial charge in [0, 0.05) is 5.56 Å². The van der Waals surface area contributed by atoms with E-state index in [0.717, 1.165) is 10.8 Å². The molecule has 0 bridgehead atoms. The van der Waals surface area contributed by atoms with Crippen LogP contribution in [0.5, 0.6) is 0 Å². The quantitative estimate of drug-likeness (QED) is 0.796. The lowest BCUT2D eigenvalue weighted by Gasteiger charge is -2.12. The molecule has 3 rings (SSSR count). The number of amides is 1. The second kappa shape index (κ2) is 6.29. The van der Waals surface area contributed by atoms with Crippen LogP contribution in [0.1, 0.15) is 22.0 Å². The Hall–Kier alpha value is -3.19. The van der Waals surface area contributed by atoms with E-state index < -0.39 is 6.04 Å². The van der Waals surface area contributed by atoms with Gasteiger partial charge in [-0.1, -0.05) is 42.5 Å². The van der Waals surface area contributed by atoms with Crippen LogP contribution in [0.2, 0.25) is 0 Å². The fourth-order valence-corrected chi connectivity index (χ4v) is 2.39. The number of halogens is 1. The number of benzene rings is 3. The second-order valence-corrected chi connectivity index (χ2v) is 5.15. The standard InChI is InChI=1S/C19H13FN2O/c20-17-9-7-14(8-10-17)18(12-21)22-19(23)16-6-5-13-3-1-2-4-15(13)11-16/h1-11,18H,(H,22,23)/t18-/m1/s1. The average molecular weight is 304 g/mol. The summed E-state index contributed by atoms with van der Waals surface area (Å²) >= 11 is 0. The number of hydrogen-bond acceptors (Lipinski definition) is 2. The lowest BCUT2D eigenvalue weighted by atomic mass is 10.0. The van der Waals surface area contributed by atoms with E-state index in [0.29, 0.717) is 11.1 Å². The summed E-state index contributed by atoms with van der Waals surface area (Å²) in [5.41, 5.74) is 1.02. The van der Waals surface area contributed by atoms with Crippen molar-refractivity contribution in [2.45, 2.75) is 6.04 Å². The van der Waals surface area contributed by atoms with E-state index in [1.54, 1.807) is 12.1 Å². The minimum atomic E-state index is -0.824. The highest BCUT2D eigenvalue weighted by atomic mass is 19.1. The molecule has 0 fully saturated rings. The van der Waals surface area contributed by atoms with Gasteiger partial charge in [0.05, 0.1) is 6.07 Å². The summed E-state index contributed by atoms with van der Waals surface area (Å²) in [5.74, 6) is -0.724. The molecule has 112 valence electrons. The molecule has 0 aliphatic carbocycles. The summed E-state index contributed by atoms with van der Waals surface area (Å²) in [5, 5.41) is 13.9. The van der Waals surface area contributed by atoms with E-state index in [4.69, 9.17) is 0 Å².